The number of amides is 1. The van der Waals surface area contributed by atoms with Crippen LogP contribution >= 0.6 is 0 Å². The lowest BCUT2D eigenvalue weighted by molar-refractivity contribution is -0.121. The van der Waals surface area contributed by atoms with Gasteiger partial charge >= 0.3 is 0 Å². The fourth-order valence-corrected chi connectivity index (χ4v) is 2.74. The second kappa shape index (κ2) is 6.58. The molecule has 0 heterocycles. The summed E-state index contributed by atoms with van der Waals surface area (Å²) in [5.41, 5.74) is 1.15. The van der Waals surface area contributed by atoms with Gasteiger partial charge in [-0.1, -0.05) is 48.5 Å². The summed E-state index contributed by atoms with van der Waals surface area (Å²) in [5, 5.41) is 7.70. The van der Waals surface area contributed by atoms with Crippen molar-refractivity contribution in [3.63, 3.8) is 0 Å². The first-order chi connectivity index (χ1) is 10.8. The molecule has 0 bridgehead atoms. The first-order valence-corrected chi connectivity index (χ1v) is 7.32. The van der Waals surface area contributed by atoms with E-state index in [2.05, 4.69) is 42.8 Å². The summed E-state index contributed by atoms with van der Waals surface area (Å²) < 4.78 is 4.69. The van der Waals surface area contributed by atoms with Crippen molar-refractivity contribution in [3.8, 4) is 0 Å². The van der Waals surface area contributed by atoms with Gasteiger partial charge in [0.15, 0.2) is 0 Å². The Bertz CT molecular complexity index is 757. The number of hydrogen-bond acceptors (Lipinski definition) is 2. The van der Waals surface area contributed by atoms with E-state index in [0.717, 1.165) is 5.56 Å². The Hall–Kier alpha value is -2.39. The normalized spacial score (nSPS) is 11.0. The van der Waals surface area contributed by atoms with E-state index in [-0.39, 0.29) is 5.91 Å². The third-order valence-electron chi connectivity index (χ3n) is 3.82. The molecule has 0 fully saturated rings. The minimum absolute atomic E-state index is 0.0272. The summed E-state index contributed by atoms with van der Waals surface area (Å²) in [7, 11) is 3.28. The zero-order valence-corrected chi connectivity index (χ0v) is 12.3. The average molecular weight is 292 g/mol. The molecule has 3 nitrogen and oxygen atoms in total. The topological polar surface area (TPSA) is 38.3 Å². The first-order valence-electron chi connectivity index (χ1n) is 7.32. The fourth-order valence-electron chi connectivity index (χ4n) is 2.74. The first kappa shape index (κ1) is 14.5. The summed E-state index contributed by atoms with van der Waals surface area (Å²) in [5.74, 6) is -0.0272. The van der Waals surface area contributed by atoms with Gasteiger partial charge in [-0.2, -0.15) is 0 Å². The molecular formula is C19H18NO2. The molecule has 3 aromatic carbocycles. The molecule has 3 heteroatoms. The Labute approximate surface area is 129 Å². The number of benzene rings is 3. The lowest BCUT2D eigenvalue weighted by Gasteiger charge is -2.12. The van der Waals surface area contributed by atoms with Gasteiger partial charge in [-0.25, -0.2) is 0 Å². The summed E-state index contributed by atoms with van der Waals surface area (Å²) in [6.45, 7) is 0.847. The maximum absolute atomic E-state index is 11.8. The van der Waals surface area contributed by atoms with E-state index in [9.17, 15) is 4.79 Å². The SMILES string of the molecule is [CH2]OCCC(=O)NCc1c2ccccc2cc2ccccc12. The molecule has 0 saturated carbocycles. The molecule has 1 N–H and O–H groups in total. The third-order valence-corrected chi connectivity index (χ3v) is 3.82. The summed E-state index contributed by atoms with van der Waals surface area (Å²) >= 11 is 0. The molecule has 3 rings (SSSR count). The van der Waals surface area contributed by atoms with E-state index in [1.807, 2.05) is 24.3 Å². The van der Waals surface area contributed by atoms with Gasteiger partial charge in [0.05, 0.1) is 13.7 Å². The fraction of sp³-hybridized carbons (Fsp3) is 0.158. The van der Waals surface area contributed by atoms with Crippen LogP contribution in [0.3, 0.4) is 0 Å². The second-order valence-corrected chi connectivity index (χ2v) is 5.23. The van der Waals surface area contributed by atoms with Gasteiger partial charge < -0.3 is 10.1 Å². The van der Waals surface area contributed by atoms with Gasteiger partial charge in [-0.3, -0.25) is 4.79 Å². The van der Waals surface area contributed by atoms with Crippen LogP contribution in [0.5, 0.6) is 0 Å². The third kappa shape index (κ3) is 2.95. The number of rotatable bonds is 5. The number of ether oxygens (including phenoxy) is 1. The number of hydrogen-bond donors (Lipinski definition) is 1. The molecule has 0 spiro atoms. The van der Waals surface area contributed by atoms with Crippen molar-refractivity contribution >= 4 is 27.5 Å². The molecule has 3 aromatic rings. The molecule has 0 aliphatic carbocycles. The standard InChI is InChI=1S/C19H18NO2/c1-22-11-10-19(21)20-13-18-16-8-4-2-6-14(16)12-15-7-3-5-9-17(15)18/h2-9,12H,1,10-11,13H2,(H,20,21). The van der Waals surface area contributed by atoms with Gasteiger partial charge in [0, 0.05) is 13.0 Å². The summed E-state index contributed by atoms with van der Waals surface area (Å²) in [6, 6.07) is 18.7. The lowest BCUT2D eigenvalue weighted by Crippen LogP contribution is -2.23. The molecular weight excluding hydrogens is 274 g/mol. The zero-order valence-electron chi connectivity index (χ0n) is 12.3. The Morgan fingerprint density at radius 1 is 1.00 bits per heavy atom. The highest BCUT2D eigenvalue weighted by atomic mass is 16.5. The van der Waals surface area contributed by atoms with Crippen molar-refractivity contribution in [1.29, 1.82) is 0 Å². The van der Waals surface area contributed by atoms with Gasteiger partial charge in [0.2, 0.25) is 5.91 Å². The summed E-state index contributed by atoms with van der Waals surface area (Å²) in [4.78, 5) is 11.8. The Balaban J connectivity index is 1.99. The molecule has 0 unspecified atom stereocenters. The molecule has 1 radical (unpaired) electrons. The Morgan fingerprint density at radius 2 is 1.59 bits per heavy atom. The van der Waals surface area contributed by atoms with Crippen molar-refractivity contribution in [2.24, 2.45) is 0 Å². The van der Waals surface area contributed by atoms with E-state index in [4.69, 9.17) is 4.74 Å². The highest BCUT2D eigenvalue weighted by Gasteiger charge is 2.08. The quantitative estimate of drug-likeness (QED) is 0.726. The minimum Gasteiger partial charge on any atom is -0.379 e. The lowest BCUT2D eigenvalue weighted by atomic mass is 9.97. The number of carbonyl (C=O) groups excluding carboxylic acids is 1. The highest BCUT2D eigenvalue weighted by Crippen LogP contribution is 2.28. The molecule has 22 heavy (non-hydrogen) atoms. The molecule has 0 aliphatic rings. The smallest absolute Gasteiger partial charge is 0.222 e. The highest BCUT2D eigenvalue weighted by molar-refractivity contribution is 6.02. The predicted molar refractivity (Wildman–Crippen MR) is 89.2 cm³/mol. The van der Waals surface area contributed by atoms with Crippen LogP contribution in [-0.2, 0) is 16.1 Å². The zero-order chi connectivity index (χ0) is 15.4. The second-order valence-electron chi connectivity index (χ2n) is 5.23. The molecule has 0 aromatic heterocycles. The van der Waals surface area contributed by atoms with Crippen molar-refractivity contribution in [2.45, 2.75) is 13.0 Å². The number of fused-ring (bicyclic) bond motifs is 2. The molecule has 1 amide bonds. The Kier molecular flexibility index (Phi) is 4.35. The van der Waals surface area contributed by atoms with Gasteiger partial charge in [0.1, 0.15) is 0 Å². The van der Waals surface area contributed by atoms with E-state index in [1.165, 1.54) is 21.5 Å². The average Bonchev–Trinajstić information content (AvgIpc) is 2.56. The van der Waals surface area contributed by atoms with Crippen LogP contribution in [0.2, 0.25) is 0 Å². The van der Waals surface area contributed by atoms with Crippen molar-refractivity contribution in [1.82, 2.24) is 5.32 Å². The largest absolute Gasteiger partial charge is 0.379 e. The molecule has 0 aliphatic heterocycles. The van der Waals surface area contributed by atoms with Gasteiger partial charge in [-0.05, 0) is 33.2 Å². The maximum Gasteiger partial charge on any atom is 0.222 e. The maximum atomic E-state index is 11.8. The van der Waals surface area contributed by atoms with Crippen LogP contribution < -0.4 is 5.32 Å². The van der Waals surface area contributed by atoms with Crippen LogP contribution in [0, 0.1) is 7.11 Å². The van der Waals surface area contributed by atoms with Crippen LogP contribution in [0.4, 0.5) is 0 Å². The van der Waals surface area contributed by atoms with Crippen molar-refractivity contribution in [3.05, 3.63) is 67.3 Å². The molecule has 0 atom stereocenters. The van der Waals surface area contributed by atoms with Crippen LogP contribution in [0.1, 0.15) is 12.0 Å². The molecule has 111 valence electrons. The Morgan fingerprint density at radius 3 is 2.18 bits per heavy atom. The van der Waals surface area contributed by atoms with E-state index in [0.29, 0.717) is 19.6 Å². The summed E-state index contributed by atoms with van der Waals surface area (Å²) in [6.07, 6.45) is 0.326. The minimum atomic E-state index is -0.0272. The predicted octanol–water partition coefficient (Wildman–Crippen LogP) is 3.81. The number of carbonyl (C=O) groups is 1. The number of nitrogens with one attached hydrogen (secondary N) is 1. The van der Waals surface area contributed by atoms with Crippen LogP contribution in [0.25, 0.3) is 21.5 Å². The monoisotopic (exact) mass is 292 g/mol. The van der Waals surface area contributed by atoms with Crippen LogP contribution in [-0.4, -0.2) is 12.5 Å². The molecule has 0 saturated heterocycles. The van der Waals surface area contributed by atoms with Gasteiger partial charge in [-0.15, -0.1) is 0 Å². The van der Waals surface area contributed by atoms with E-state index in [1.54, 1.807) is 0 Å². The van der Waals surface area contributed by atoms with Crippen LogP contribution in [0.15, 0.2) is 54.6 Å². The van der Waals surface area contributed by atoms with Crippen molar-refractivity contribution in [2.75, 3.05) is 6.61 Å². The van der Waals surface area contributed by atoms with Crippen molar-refractivity contribution < 1.29 is 9.53 Å². The van der Waals surface area contributed by atoms with E-state index < -0.39 is 0 Å². The van der Waals surface area contributed by atoms with E-state index >= 15 is 0 Å². The van der Waals surface area contributed by atoms with Gasteiger partial charge in [0.25, 0.3) is 0 Å².